The summed E-state index contributed by atoms with van der Waals surface area (Å²) in [7, 11) is 5.81. The zero-order valence-electron chi connectivity index (χ0n) is 13.1. The van der Waals surface area contributed by atoms with E-state index in [-0.39, 0.29) is 0 Å². The first-order valence-corrected chi connectivity index (χ1v) is 7.29. The Morgan fingerprint density at radius 1 is 0.905 bits per heavy atom. The molecule has 2 aromatic carbocycles. The van der Waals surface area contributed by atoms with Gasteiger partial charge in [0.25, 0.3) is 0 Å². The molecule has 0 aliphatic rings. The lowest BCUT2D eigenvalue weighted by atomic mass is 10.1. The summed E-state index contributed by atoms with van der Waals surface area (Å²) in [5.74, 6) is 0.910. The Morgan fingerprint density at radius 2 is 1.52 bits per heavy atom. The van der Waals surface area contributed by atoms with E-state index in [2.05, 4.69) is 60.7 Å². The van der Waals surface area contributed by atoms with Gasteiger partial charge in [-0.15, -0.1) is 0 Å². The standard InChI is InChI=1S/C18H24N2O/c1-20(2)17-8-4-16(5-9-17)14-19-13-12-15-6-10-18(21-3)11-7-15/h4-11,19H,12-14H2,1-3H3. The van der Waals surface area contributed by atoms with Gasteiger partial charge in [0, 0.05) is 26.3 Å². The molecule has 21 heavy (non-hydrogen) atoms. The monoisotopic (exact) mass is 284 g/mol. The normalized spacial score (nSPS) is 10.4. The van der Waals surface area contributed by atoms with Crippen molar-refractivity contribution in [3.8, 4) is 5.75 Å². The first-order chi connectivity index (χ1) is 10.2. The number of methoxy groups -OCH3 is 1. The summed E-state index contributed by atoms with van der Waals surface area (Å²) in [5, 5.41) is 3.48. The zero-order chi connectivity index (χ0) is 15.1. The van der Waals surface area contributed by atoms with Crippen LogP contribution >= 0.6 is 0 Å². The molecule has 1 N–H and O–H groups in total. The molecule has 0 aromatic heterocycles. The molecule has 0 atom stereocenters. The Morgan fingerprint density at radius 3 is 2.10 bits per heavy atom. The third kappa shape index (κ3) is 4.80. The van der Waals surface area contributed by atoms with E-state index in [0.29, 0.717) is 0 Å². The highest BCUT2D eigenvalue weighted by atomic mass is 16.5. The largest absolute Gasteiger partial charge is 0.497 e. The van der Waals surface area contributed by atoms with Gasteiger partial charge in [-0.2, -0.15) is 0 Å². The molecule has 0 bridgehead atoms. The summed E-state index contributed by atoms with van der Waals surface area (Å²) in [4.78, 5) is 2.11. The van der Waals surface area contributed by atoms with Gasteiger partial charge >= 0.3 is 0 Å². The fraction of sp³-hybridized carbons (Fsp3) is 0.333. The van der Waals surface area contributed by atoms with Crippen molar-refractivity contribution in [3.63, 3.8) is 0 Å². The lowest BCUT2D eigenvalue weighted by molar-refractivity contribution is 0.414. The second-order valence-electron chi connectivity index (χ2n) is 5.34. The van der Waals surface area contributed by atoms with Gasteiger partial charge in [0.15, 0.2) is 0 Å². The number of nitrogens with zero attached hydrogens (tertiary/aromatic N) is 1. The average Bonchev–Trinajstić information content (AvgIpc) is 2.52. The van der Waals surface area contributed by atoms with Gasteiger partial charge in [0.1, 0.15) is 5.75 Å². The van der Waals surface area contributed by atoms with Crippen molar-refractivity contribution in [2.24, 2.45) is 0 Å². The molecule has 3 nitrogen and oxygen atoms in total. The molecule has 2 aromatic rings. The molecule has 0 amide bonds. The van der Waals surface area contributed by atoms with Gasteiger partial charge in [-0.25, -0.2) is 0 Å². The van der Waals surface area contributed by atoms with Crippen LogP contribution in [0.1, 0.15) is 11.1 Å². The minimum absolute atomic E-state index is 0.907. The van der Waals surface area contributed by atoms with E-state index in [1.807, 2.05) is 12.1 Å². The van der Waals surface area contributed by atoms with Gasteiger partial charge in [-0.3, -0.25) is 0 Å². The van der Waals surface area contributed by atoms with Gasteiger partial charge in [-0.1, -0.05) is 24.3 Å². The Labute approximate surface area is 127 Å². The van der Waals surface area contributed by atoms with Crippen molar-refractivity contribution in [2.75, 3.05) is 32.6 Å². The average molecular weight is 284 g/mol. The van der Waals surface area contributed by atoms with Crippen LogP contribution in [0.15, 0.2) is 48.5 Å². The minimum atomic E-state index is 0.907. The van der Waals surface area contributed by atoms with Gasteiger partial charge < -0.3 is 15.0 Å². The van der Waals surface area contributed by atoms with Crippen LogP contribution in [0.3, 0.4) is 0 Å². The lowest BCUT2D eigenvalue weighted by Gasteiger charge is -2.13. The molecule has 0 unspecified atom stereocenters. The van der Waals surface area contributed by atoms with Crippen molar-refractivity contribution < 1.29 is 4.74 Å². The number of ether oxygens (including phenoxy) is 1. The van der Waals surface area contributed by atoms with Crippen LogP contribution in [0.25, 0.3) is 0 Å². The first kappa shape index (κ1) is 15.4. The van der Waals surface area contributed by atoms with Gasteiger partial charge in [-0.05, 0) is 48.4 Å². The van der Waals surface area contributed by atoms with Crippen molar-refractivity contribution in [1.82, 2.24) is 5.32 Å². The van der Waals surface area contributed by atoms with E-state index in [4.69, 9.17) is 4.74 Å². The number of hydrogen-bond donors (Lipinski definition) is 1. The van der Waals surface area contributed by atoms with Crippen LogP contribution in [0.2, 0.25) is 0 Å². The molecule has 0 aliphatic heterocycles. The Balaban J connectivity index is 1.73. The van der Waals surface area contributed by atoms with Crippen LogP contribution in [-0.4, -0.2) is 27.7 Å². The number of benzene rings is 2. The molecule has 0 saturated heterocycles. The maximum atomic E-state index is 5.16. The summed E-state index contributed by atoms with van der Waals surface area (Å²) in [6, 6.07) is 16.9. The topological polar surface area (TPSA) is 24.5 Å². The van der Waals surface area contributed by atoms with E-state index >= 15 is 0 Å². The van der Waals surface area contributed by atoms with Crippen LogP contribution < -0.4 is 15.0 Å². The highest BCUT2D eigenvalue weighted by Crippen LogP contribution is 2.13. The number of nitrogens with one attached hydrogen (secondary N) is 1. The number of anilines is 1. The molecular weight excluding hydrogens is 260 g/mol. The fourth-order valence-electron chi connectivity index (χ4n) is 2.17. The molecule has 112 valence electrons. The summed E-state index contributed by atoms with van der Waals surface area (Å²) < 4.78 is 5.16. The molecular formula is C18H24N2O. The van der Waals surface area contributed by atoms with Crippen LogP contribution in [0, 0.1) is 0 Å². The van der Waals surface area contributed by atoms with Crippen molar-refractivity contribution in [1.29, 1.82) is 0 Å². The minimum Gasteiger partial charge on any atom is -0.497 e. The maximum absolute atomic E-state index is 5.16. The quantitative estimate of drug-likeness (QED) is 0.791. The molecule has 0 aliphatic carbocycles. The van der Waals surface area contributed by atoms with Crippen molar-refractivity contribution in [3.05, 3.63) is 59.7 Å². The molecule has 0 saturated carbocycles. The molecule has 3 heteroatoms. The lowest BCUT2D eigenvalue weighted by Crippen LogP contribution is -2.16. The first-order valence-electron chi connectivity index (χ1n) is 7.29. The fourth-order valence-corrected chi connectivity index (χ4v) is 2.17. The van der Waals surface area contributed by atoms with Crippen LogP contribution in [0.4, 0.5) is 5.69 Å². The predicted octanol–water partition coefficient (Wildman–Crippen LogP) is 3.09. The third-order valence-electron chi connectivity index (χ3n) is 3.53. The summed E-state index contributed by atoms with van der Waals surface area (Å²) >= 11 is 0. The Bertz CT molecular complexity index is 532. The summed E-state index contributed by atoms with van der Waals surface area (Å²) in [6.07, 6.45) is 1.03. The highest BCUT2D eigenvalue weighted by molar-refractivity contribution is 5.45. The van der Waals surface area contributed by atoms with Crippen molar-refractivity contribution >= 4 is 5.69 Å². The number of rotatable bonds is 7. The van der Waals surface area contributed by atoms with E-state index < -0.39 is 0 Å². The van der Waals surface area contributed by atoms with E-state index in [9.17, 15) is 0 Å². The summed E-state index contributed by atoms with van der Waals surface area (Å²) in [6.45, 7) is 1.88. The molecule has 0 heterocycles. The Hall–Kier alpha value is -2.00. The molecule has 0 spiro atoms. The third-order valence-corrected chi connectivity index (χ3v) is 3.53. The zero-order valence-corrected chi connectivity index (χ0v) is 13.1. The van der Waals surface area contributed by atoms with Crippen LogP contribution in [-0.2, 0) is 13.0 Å². The van der Waals surface area contributed by atoms with E-state index in [0.717, 1.165) is 25.3 Å². The molecule has 0 radical (unpaired) electrons. The highest BCUT2D eigenvalue weighted by Gasteiger charge is 1.97. The second-order valence-corrected chi connectivity index (χ2v) is 5.34. The van der Waals surface area contributed by atoms with E-state index in [1.54, 1.807) is 7.11 Å². The van der Waals surface area contributed by atoms with Crippen LogP contribution in [0.5, 0.6) is 5.75 Å². The second kappa shape index (κ2) is 7.70. The predicted molar refractivity (Wildman–Crippen MR) is 89.2 cm³/mol. The summed E-state index contributed by atoms with van der Waals surface area (Å²) in [5.41, 5.74) is 3.87. The van der Waals surface area contributed by atoms with Gasteiger partial charge in [0.05, 0.1) is 7.11 Å². The Kier molecular flexibility index (Phi) is 5.64. The molecule has 0 fully saturated rings. The van der Waals surface area contributed by atoms with Crippen molar-refractivity contribution in [2.45, 2.75) is 13.0 Å². The smallest absolute Gasteiger partial charge is 0.118 e. The van der Waals surface area contributed by atoms with Gasteiger partial charge in [0.2, 0.25) is 0 Å². The van der Waals surface area contributed by atoms with E-state index in [1.165, 1.54) is 16.8 Å². The SMILES string of the molecule is COc1ccc(CCNCc2ccc(N(C)C)cc2)cc1. The maximum Gasteiger partial charge on any atom is 0.118 e. The number of hydrogen-bond acceptors (Lipinski definition) is 3. The molecule has 2 rings (SSSR count).